The van der Waals surface area contributed by atoms with Crippen LogP contribution in [0.1, 0.15) is 44.7 Å². The van der Waals surface area contributed by atoms with Gasteiger partial charge in [-0.1, -0.05) is 50.6 Å². The van der Waals surface area contributed by atoms with E-state index in [2.05, 4.69) is 0 Å². The standard InChI is InChI=1S/C25H31N3O5S/c1-17-5-9-19(10-6-17)28-22(29)15-21(24(28)31)27(23(30)16-25(2,3)4)14-13-18-7-11-20(12-8-18)34(26,32)33/h5-12,21H,13-16H2,1-4H3,(H2,26,32,33). The quantitative estimate of drug-likeness (QED) is 0.605. The van der Waals surface area contributed by atoms with Crippen LogP contribution in [0.2, 0.25) is 0 Å². The van der Waals surface area contributed by atoms with Crippen molar-refractivity contribution in [1.29, 1.82) is 0 Å². The summed E-state index contributed by atoms with van der Waals surface area (Å²) in [6.07, 6.45) is 0.538. The van der Waals surface area contributed by atoms with E-state index in [1.54, 1.807) is 24.3 Å². The number of hydrogen-bond donors (Lipinski definition) is 1. The Bertz CT molecular complexity index is 1180. The second-order valence-electron chi connectivity index (χ2n) is 9.89. The van der Waals surface area contributed by atoms with Crippen LogP contribution in [0, 0.1) is 12.3 Å². The highest BCUT2D eigenvalue weighted by molar-refractivity contribution is 7.89. The molecule has 182 valence electrons. The zero-order valence-electron chi connectivity index (χ0n) is 19.9. The number of nitrogens with two attached hydrogens (primary N) is 1. The number of carbonyl (C=O) groups is 3. The summed E-state index contributed by atoms with van der Waals surface area (Å²) in [5, 5.41) is 5.15. The van der Waals surface area contributed by atoms with E-state index in [9.17, 15) is 22.8 Å². The number of rotatable bonds is 7. The van der Waals surface area contributed by atoms with E-state index < -0.39 is 22.0 Å². The number of carbonyl (C=O) groups excluding carboxylic acids is 3. The van der Waals surface area contributed by atoms with Crippen molar-refractivity contribution in [1.82, 2.24) is 4.90 Å². The van der Waals surface area contributed by atoms with E-state index in [0.717, 1.165) is 16.0 Å². The minimum Gasteiger partial charge on any atom is -0.330 e. The maximum absolute atomic E-state index is 13.3. The van der Waals surface area contributed by atoms with Crippen LogP contribution in [0.15, 0.2) is 53.4 Å². The normalized spacial score (nSPS) is 16.7. The summed E-state index contributed by atoms with van der Waals surface area (Å²) in [4.78, 5) is 42.0. The second-order valence-corrected chi connectivity index (χ2v) is 11.4. The smallest absolute Gasteiger partial charge is 0.257 e. The first-order chi connectivity index (χ1) is 15.8. The molecule has 0 aliphatic carbocycles. The fourth-order valence-corrected chi connectivity index (χ4v) is 4.44. The Morgan fingerprint density at radius 2 is 1.65 bits per heavy atom. The highest BCUT2D eigenvalue weighted by Gasteiger charge is 2.44. The molecule has 0 radical (unpaired) electrons. The van der Waals surface area contributed by atoms with Crippen LogP contribution in [0.25, 0.3) is 0 Å². The lowest BCUT2D eigenvalue weighted by atomic mass is 9.91. The monoisotopic (exact) mass is 485 g/mol. The van der Waals surface area contributed by atoms with Gasteiger partial charge >= 0.3 is 0 Å². The van der Waals surface area contributed by atoms with Gasteiger partial charge < -0.3 is 4.90 Å². The van der Waals surface area contributed by atoms with Gasteiger partial charge in [-0.05, 0) is 48.6 Å². The van der Waals surface area contributed by atoms with Crippen molar-refractivity contribution in [3.63, 3.8) is 0 Å². The van der Waals surface area contributed by atoms with Crippen molar-refractivity contribution in [3.05, 3.63) is 59.7 Å². The first-order valence-electron chi connectivity index (χ1n) is 11.1. The number of benzene rings is 2. The van der Waals surface area contributed by atoms with Gasteiger partial charge in [0.15, 0.2) is 0 Å². The Kier molecular flexibility index (Phi) is 7.28. The van der Waals surface area contributed by atoms with Gasteiger partial charge in [0.25, 0.3) is 5.91 Å². The third kappa shape index (κ3) is 6.09. The molecule has 1 saturated heterocycles. The predicted octanol–water partition coefficient (Wildman–Crippen LogP) is 2.78. The summed E-state index contributed by atoms with van der Waals surface area (Å²) in [5.74, 6) is -0.962. The van der Waals surface area contributed by atoms with Gasteiger partial charge in [-0.15, -0.1) is 0 Å². The highest BCUT2D eigenvalue weighted by Crippen LogP contribution is 2.28. The van der Waals surface area contributed by atoms with Crippen LogP contribution in [-0.4, -0.2) is 43.6 Å². The molecular weight excluding hydrogens is 454 g/mol. The Labute approximate surface area is 200 Å². The number of primary sulfonamides is 1. The molecule has 2 N–H and O–H groups in total. The highest BCUT2D eigenvalue weighted by atomic mass is 32.2. The van der Waals surface area contributed by atoms with Crippen molar-refractivity contribution in [3.8, 4) is 0 Å². The second kappa shape index (κ2) is 9.68. The van der Waals surface area contributed by atoms with Gasteiger partial charge in [-0.25, -0.2) is 18.5 Å². The van der Waals surface area contributed by atoms with E-state index in [0.29, 0.717) is 12.1 Å². The molecule has 0 spiro atoms. The molecule has 2 aromatic carbocycles. The lowest BCUT2D eigenvalue weighted by Crippen LogP contribution is -2.47. The number of sulfonamides is 1. The molecule has 3 amide bonds. The fourth-order valence-electron chi connectivity index (χ4n) is 3.93. The SMILES string of the molecule is Cc1ccc(N2C(=O)CC(N(CCc3ccc(S(N)(=O)=O)cc3)C(=O)CC(C)(C)C)C2=O)cc1. The van der Waals surface area contributed by atoms with Crippen LogP contribution < -0.4 is 10.0 Å². The Balaban J connectivity index is 1.84. The van der Waals surface area contributed by atoms with Crippen molar-refractivity contribution in [2.75, 3.05) is 11.4 Å². The molecule has 0 bridgehead atoms. The third-order valence-electron chi connectivity index (χ3n) is 5.69. The minimum absolute atomic E-state index is 0.00206. The zero-order chi connectivity index (χ0) is 25.3. The first kappa shape index (κ1) is 25.6. The molecular formula is C25H31N3O5S. The molecule has 1 aliphatic rings. The van der Waals surface area contributed by atoms with E-state index in [1.807, 2.05) is 39.8 Å². The van der Waals surface area contributed by atoms with Gasteiger partial charge in [-0.3, -0.25) is 14.4 Å². The van der Waals surface area contributed by atoms with Gasteiger partial charge in [0, 0.05) is 13.0 Å². The maximum atomic E-state index is 13.3. The molecule has 1 atom stereocenters. The number of aryl methyl sites for hydroxylation is 1. The largest absolute Gasteiger partial charge is 0.330 e. The molecule has 1 fully saturated rings. The molecule has 0 saturated carbocycles. The van der Waals surface area contributed by atoms with Crippen molar-refractivity contribution < 1.29 is 22.8 Å². The lowest BCUT2D eigenvalue weighted by molar-refractivity contribution is -0.139. The summed E-state index contributed by atoms with van der Waals surface area (Å²) >= 11 is 0. The maximum Gasteiger partial charge on any atom is 0.257 e. The van der Waals surface area contributed by atoms with Crippen LogP contribution in [-0.2, 0) is 30.8 Å². The number of anilines is 1. The van der Waals surface area contributed by atoms with E-state index in [-0.39, 0.29) is 41.5 Å². The van der Waals surface area contributed by atoms with Crippen LogP contribution in [0.3, 0.4) is 0 Å². The number of amides is 3. The summed E-state index contributed by atoms with van der Waals surface area (Å²) in [5.41, 5.74) is 1.99. The number of hydrogen-bond acceptors (Lipinski definition) is 5. The summed E-state index contributed by atoms with van der Waals surface area (Å²) < 4.78 is 23.0. The van der Waals surface area contributed by atoms with Crippen LogP contribution >= 0.6 is 0 Å². The van der Waals surface area contributed by atoms with Gasteiger partial charge in [0.2, 0.25) is 21.8 Å². The molecule has 1 unspecified atom stereocenters. The topological polar surface area (TPSA) is 118 Å². The molecule has 2 aromatic rings. The van der Waals surface area contributed by atoms with Crippen LogP contribution in [0.4, 0.5) is 5.69 Å². The molecule has 34 heavy (non-hydrogen) atoms. The molecule has 8 nitrogen and oxygen atoms in total. The summed E-state index contributed by atoms with van der Waals surface area (Å²) in [6.45, 7) is 7.96. The summed E-state index contributed by atoms with van der Waals surface area (Å²) in [7, 11) is -3.80. The van der Waals surface area contributed by atoms with Gasteiger partial charge in [0.05, 0.1) is 17.0 Å². The Morgan fingerprint density at radius 3 is 2.18 bits per heavy atom. The van der Waals surface area contributed by atoms with Crippen molar-refractivity contribution in [2.45, 2.75) is 57.9 Å². The van der Waals surface area contributed by atoms with Crippen molar-refractivity contribution in [2.24, 2.45) is 10.6 Å². The lowest BCUT2D eigenvalue weighted by Gasteiger charge is -2.30. The van der Waals surface area contributed by atoms with E-state index in [4.69, 9.17) is 5.14 Å². The molecule has 1 heterocycles. The molecule has 9 heteroatoms. The molecule has 1 aliphatic heterocycles. The number of nitrogens with zero attached hydrogens (tertiary/aromatic N) is 2. The molecule has 3 rings (SSSR count). The third-order valence-corrected chi connectivity index (χ3v) is 6.62. The average molecular weight is 486 g/mol. The predicted molar refractivity (Wildman–Crippen MR) is 129 cm³/mol. The minimum atomic E-state index is -3.80. The first-order valence-corrected chi connectivity index (χ1v) is 12.7. The zero-order valence-corrected chi connectivity index (χ0v) is 20.8. The average Bonchev–Trinajstić information content (AvgIpc) is 3.01. The van der Waals surface area contributed by atoms with Gasteiger partial charge in [-0.2, -0.15) is 0 Å². The Hall–Kier alpha value is -3.04. The van der Waals surface area contributed by atoms with Crippen LogP contribution in [0.5, 0.6) is 0 Å². The van der Waals surface area contributed by atoms with Crippen molar-refractivity contribution >= 4 is 33.4 Å². The molecule has 0 aromatic heterocycles. The fraction of sp³-hybridized carbons (Fsp3) is 0.400. The summed E-state index contributed by atoms with van der Waals surface area (Å²) in [6, 6.07) is 12.3. The van der Waals surface area contributed by atoms with E-state index >= 15 is 0 Å². The Morgan fingerprint density at radius 1 is 1.06 bits per heavy atom. The number of imide groups is 1. The van der Waals surface area contributed by atoms with E-state index in [1.165, 1.54) is 17.0 Å². The van der Waals surface area contributed by atoms with Gasteiger partial charge in [0.1, 0.15) is 6.04 Å².